The number of hydrogen-bond acceptors (Lipinski definition) is 6. The van der Waals surface area contributed by atoms with Crippen molar-refractivity contribution in [2.45, 2.75) is 75.5 Å². The first-order chi connectivity index (χ1) is 23.6. The average molecular weight is 707 g/mol. The van der Waals surface area contributed by atoms with Crippen LogP contribution in [0.3, 0.4) is 0 Å². The van der Waals surface area contributed by atoms with E-state index >= 15 is 0 Å². The number of aromatic nitrogens is 1. The Hall–Kier alpha value is -4.82. The lowest BCUT2D eigenvalue weighted by Crippen LogP contribution is -2.68. The molecule has 3 aromatic rings. The fourth-order valence-corrected chi connectivity index (χ4v) is 6.63. The molecule has 5 rings (SSSR count). The predicted molar refractivity (Wildman–Crippen MR) is 168 cm³/mol. The number of amides is 3. The van der Waals surface area contributed by atoms with Crippen molar-refractivity contribution in [1.82, 2.24) is 14.8 Å². The van der Waals surface area contributed by atoms with Gasteiger partial charge in [-0.25, -0.2) is 0 Å². The van der Waals surface area contributed by atoms with Crippen LogP contribution < -0.4 is 15.2 Å². The molecule has 2 aliphatic rings. The monoisotopic (exact) mass is 706 g/mol. The molecule has 2 aliphatic heterocycles. The number of alkyl halides is 6. The Morgan fingerprint density at radius 3 is 2.12 bits per heavy atom. The van der Waals surface area contributed by atoms with Gasteiger partial charge in [0.1, 0.15) is 17.6 Å². The minimum absolute atomic E-state index is 0.0194. The number of nitrogens with zero attached hydrogens (tertiary/aromatic N) is 3. The van der Waals surface area contributed by atoms with Gasteiger partial charge >= 0.3 is 12.4 Å². The maximum absolute atomic E-state index is 14.7. The number of pyridine rings is 1. The zero-order valence-corrected chi connectivity index (χ0v) is 27.1. The van der Waals surface area contributed by atoms with E-state index in [2.05, 4.69) is 4.98 Å². The third kappa shape index (κ3) is 7.81. The number of likely N-dealkylation sites (tertiary alicyclic amines) is 2. The quantitative estimate of drug-likeness (QED) is 0.254. The van der Waals surface area contributed by atoms with Gasteiger partial charge in [0.25, 0.3) is 11.8 Å². The summed E-state index contributed by atoms with van der Waals surface area (Å²) in [5, 5.41) is 0. The van der Waals surface area contributed by atoms with E-state index in [9.17, 15) is 40.7 Å². The van der Waals surface area contributed by atoms with Gasteiger partial charge in [-0.2, -0.15) is 26.3 Å². The number of rotatable bonds is 9. The third-order valence-electron chi connectivity index (χ3n) is 9.06. The minimum Gasteiger partial charge on any atom is -0.490 e. The molecule has 2 fully saturated rings. The van der Waals surface area contributed by atoms with E-state index in [1.165, 1.54) is 17.0 Å². The predicted octanol–water partition coefficient (Wildman–Crippen LogP) is 6.51. The van der Waals surface area contributed by atoms with Gasteiger partial charge in [-0.15, -0.1) is 0 Å². The van der Waals surface area contributed by atoms with Crippen LogP contribution in [0.2, 0.25) is 0 Å². The van der Waals surface area contributed by atoms with Gasteiger partial charge in [-0.1, -0.05) is 13.3 Å². The molecule has 2 aromatic carbocycles. The van der Waals surface area contributed by atoms with Gasteiger partial charge in [0.15, 0.2) is 0 Å². The van der Waals surface area contributed by atoms with Gasteiger partial charge in [0, 0.05) is 56.9 Å². The molecule has 9 nitrogen and oxygen atoms in total. The SMILES string of the molecule is CCC[C@H]1N(C(=O)c2cnccc2C(F)(F)F)CCC[C@@]1(Oc1ccc(C(F)(F)F)cc1)C(=O)N1CCC(Oc2ccc(C(N)=O)cc2)CC1. The molecule has 2 saturated heterocycles. The fraction of sp³-hybridized carbons (Fsp3) is 0.429. The van der Waals surface area contributed by atoms with Crippen LogP contribution in [-0.2, 0) is 17.1 Å². The Bertz CT molecular complexity index is 1670. The normalized spacial score (nSPS) is 20.3. The van der Waals surface area contributed by atoms with Gasteiger partial charge in [0.2, 0.25) is 11.5 Å². The lowest BCUT2D eigenvalue weighted by Gasteiger charge is -2.50. The van der Waals surface area contributed by atoms with Gasteiger partial charge in [-0.3, -0.25) is 19.4 Å². The van der Waals surface area contributed by atoms with Crippen molar-refractivity contribution in [3.63, 3.8) is 0 Å². The molecule has 1 aromatic heterocycles. The minimum atomic E-state index is -4.86. The van der Waals surface area contributed by atoms with Crippen LogP contribution >= 0.6 is 0 Å². The van der Waals surface area contributed by atoms with Crippen LogP contribution in [-0.4, -0.2) is 69.9 Å². The molecule has 50 heavy (non-hydrogen) atoms. The zero-order valence-electron chi connectivity index (χ0n) is 27.1. The van der Waals surface area contributed by atoms with Crippen molar-refractivity contribution in [3.8, 4) is 11.5 Å². The Morgan fingerprint density at radius 1 is 0.900 bits per heavy atom. The maximum atomic E-state index is 14.7. The molecule has 0 spiro atoms. The summed E-state index contributed by atoms with van der Waals surface area (Å²) in [6.07, 6.45) is -6.43. The summed E-state index contributed by atoms with van der Waals surface area (Å²) < 4.78 is 94.5. The fourth-order valence-electron chi connectivity index (χ4n) is 6.63. The molecule has 268 valence electrons. The highest BCUT2D eigenvalue weighted by molar-refractivity contribution is 5.97. The first-order valence-corrected chi connectivity index (χ1v) is 16.2. The second kappa shape index (κ2) is 14.6. The molecule has 0 bridgehead atoms. The lowest BCUT2D eigenvalue weighted by atomic mass is 9.79. The molecular formula is C35H36F6N4O5. The lowest BCUT2D eigenvalue weighted by molar-refractivity contribution is -0.161. The molecule has 15 heteroatoms. The van der Waals surface area contributed by atoms with Gasteiger partial charge in [-0.05, 0) is 67.4 Å². The molecule has 0 saturated carbocycles. The highest BCUT2D eigenvalue weighted by Gasteiger charge is 2.56. The summed E-state index contributed by atoms with van der Waals surface area (Å²) in [4.78, 5) is 46.6. The third-order valence-corrected chi connectivity index (χ3v) is 9.06. The summed E-state index contributed by atoms with van der Waals surface area (Å²) in [7, 11) is 0. The van der Waals surface area contributed by atoms with Crippen molar-refractivity contribution in [2.24, 2.45) is 5.73 Å². The second-order valence-corrected chi connectivity index (χ2v) is 12.3. The van der Waals surface area contributed by atoms with Crippen LogP contribution in [0.1, 0.15) is 77.3 Å². The summed E-state index contributed by atoms with van der Waals surface area (Å²) in [6, 6.07) is 9.75. The number of ether oxygens (including phenoxy) is 2. The highest BCUT2D eigenvalue weighted by Crippen LogP contribution is 2.41. The molecule has 0 aliphatic carbocycles. The number of nitrogens with two attached hydrogens (primary N) is 1. The van der Waals surface area contributed by atoms with E-state index in [-0.39, 0.29) is 50.8 Å². The number of halogens is 6. The van der Waals surface area contributed by atoms with Crippen molar-refractivity contribution < 1.29 is 50.2 Å². The molecule has 3 heterocycles. The Kier molecular flexibility index (Phi) is 10.6. The largest absolute Gasteiger partial charge is 0.490 e. The van der Waals surface area contributed by atoms with E-state index in [0.717, 1.165) is 36.7 Å². The smallest absolute Gasteiger partial charge is 0.417 e. The highest BCUT2D eigenvalue weighted by atomic mass is 19.4. The topological polar surface area (TPSA) is 115 Å². The van der Waals surface area contributed by atoms with Gasteiger partial charge < -0.3 is 25.0 Å². The summed E-state index contributed by atoms with van der Waals surface area (Å²) in [5.41, 5.74) is 0.998. The average Bonchev–Trinajstić information content (AvgIpc) is 3.08. The van der Waals surface area contributed by atoms with Crippen molar-refractivity contribution in [3.05, 3.63) is 89.2 Å². The summed E-state index contributed by atoms with van der Waals surface area (Å²) in [6.45, 7) is 2.21. The van der Waals surface area contributed by atoms with Crippen LogP contribution in [0.25, 0.3) is 0 Å². The first kappa shape index (κ1) is 36.5. The number of piperidine rings is 2. The summed E-state index contributed by atoms with van der Waals surface area (Å²) >= 11 is 0. The van der Waals surface area contributed by atoms with E-state index in [4.69, 9.17) is 15.2 Å². The number of benzene rings is 2. The van der Waals surface area contributed by atoms with E-state index in [0.29, 0.717) is 36.6 Å². The molecule has 0 radical (unpaired) electrons. The standard InChI is InChI=1S/C35H36F6N4O5/c1-2-4-29-33(50-26-11-7-23(8-12-26)34(36,37)38,16-3-18-45(29)31(47)27-21-43-17-13-28(27)35(39,40)41)32(48)44-19-14-25(15-20-44)49-24-9-5-22(6-10-24)30(42)46/h5-13,17,21,25,29H,2-4,14-16,18-20H2,1H3,(H2,42,46)/t29-,33+/m1/s1. The number of carbonyl (C=O) groups excluding carboxylic acids is 3. The van der Waals surface area contributed by atoms with Crippen molar-refractivity contribution >= 4 is 17.7 Å². The molecule has 2 atom stereocenters. The van der Waals surface area contributed by atoms with E-state index in [1.807, 2.05) is 0 Å². The molecule has 3 amide bonds. The molecule has 2 N–H and O–H groups in total. The number of hydrogen-bond donors (Lipinski definition) is 1. The second-order valence-electron chi connectivity index (χ2n) is 12.3. The van der Waals surface area contributed by atoms with Gasteiger partial charge in [0.05, 0.1) is 22.7 Å². The Labute approximate surface area is 284 Å². The molecule has 0 unspecified atom stereocenters. The van der Waals surface area contributed by atoms with E-state index < -0.39 is 58.4 Å². The van der Waals surface area contributed by atoms with Crippen LogP contribution in [0.15, 0.2) is 67.0 Å². The van der Waals surface area contributed by atoms with E-state index in [1.54, 1.807) is 24.0 Å². The van der Waals surface area contributed by atoms with Crippen molar-refractivity contribution in [1.29, 1.82) is 0 Å². The Morgan fingerprint density at radius 2 is 1.54 bits per heavy atom. The Balaban J connectivity index is 1.46. The number of primary amides is 1. The number of carbonyl (C=O) groups is 3. The first-order valence-electron chi connectivity index (χ1n) is 16.2. The van der Waals surface area contributed by atoms with Crippen LogP contribution in [0.4, 0.5) is 26.3 Å². The zero-order chi connectivity index (χ0) is 36.3. The van der Waals surface area contributed by atoms with Crippen LogP contribution in [0, 0.1) is 0 Å². The summed E-state index contributed by atoms with van der Waals surface area (Å²) in [5.74, 6) is -1.65. The maximum Gasteiger partial charge on any atom is 0.417 e. The molecular weight excluding hydrogens is 670 g/mol. The van der Waals surface area contributed by atoms with Crippen LogP contribution in [0.5, 0.6) is 11.5 Å². The van der Waals surface area contributed by atoms with Crippen molar-refractivity contribution in [2.75, 3.05) is 19.6 Å².